The van der Waals surface area contributed by atoms with Crippen LogP contribution in [0.1, 0.15) is 29.6 Å². The highest BCUT2D eigenvalue weighted by atomic mass is 19.1. The van der Waals surface area contributed by atoms with E-state index in [9.17, 15) is 0 Å². The van der Waals surface area contributed by atoms with Gasteiger partial charge in [-0.1, -0.05) is 13.0 Å². The van der Waals surface area contributed by atoms with E-state index in [4.69, 9.17) is 5.41 Å². The van der Waals surface area contributed by atoms with Crippen molar-refractivity contribution >= 4 is 28.3 Å². The SMILES string of the molecule is CCc1ccc2nnc(Cc3ccc4ncc(C(C=N)=C[NH2+]C5CNC5)cc4c3F)n2n1. The standard InChI is InChI=1S/C23H23FN8/c1-2-17-4-6-21-29-30-22(32(21)31-17)8-14-3-5-20-19(23(14)24)7-15(10-28-20)16(9-25)11-27-18-12-26-13-18/h3-7,9-11,18,25-27H,2,8,12-13H2,1H3/p+1. The van der Waals surface area contributed by atoms with Gasteiger partial charge in [-0.05, 0) is 36.2 Å². The van der Waals surface area contributed by atoms with Crippen molar-refractivity contribution in [1.29, 1.82) is 5.41 Å². The average Bonchev–Trinajstić information content (AvgIpc) is 3.19. The van der Waals surface area contributed by atoms with Gasteiger partial charge in [-0.25, -0.2) is 4.39 Å². The van der Waals surface area contributed by atoms with Crippen LogP contribution >= 0.6 is 0 Å². The molecule has 162 valence electrons. The quantitative estimate of drug-likeness (QED) is 0.384. The average molecular weight is 431 g/mol. The number of rotatable bonds is 7. The van der Waals surface area contributed by atoms with Crippen LogP contribution in [0.25, 0.3) is 22.1 Å². The van der Waals surface area contributed by atoms with Crippen LogP contribution in [0.4, 0.5) is 4.39 Å². The molecule has 5 rings (SSSR count). The Morgan fingerprint density at radius 1 is 1.28 bits per heavy atom. The summed E-state index contributed by atoms with van der Waals surface area (Å²) in [6.07, 6.45) is 5.95. The molecule has 0 unspecified atom stereocenters. The van der Waals surface area contributed by atoms with E-state index < -0.39 is 0 Å². The Morgan fingerprint density at radius 2 is 2.16 bits per heavy atom. The van der Waals surface area contributed by atoms with Gasteiger partial charge in [-0.2, -0.15) is 9.61 Å². The number of fused-ring (bicyclic) bond motifs is 2. The number of quaternary nitrogens is 1. The van der Waals surface area contributed by atoms with E-state index in [1.807, 2.05) is 31.3 Å². The molecule has 1 saturated heterocycles. The van der Waals surface area contributed by atoms with Gasteiger partial charge in [0.05, 0.1) is 16.8 Å². The van der Waals surface area contributed by atoms with Crippen molar-refractivity contribution in [2.24, 2.45) is 0 Å². The third-order valence-electron chi connectivity index (χ3n) is 5.82. The molecule has 3 aromatic heterocycles. The number of nitrogens with one attached hydrogen (secondary N) is 2. The largest absolute Gasteiger partial charge is 0.315 e. The number of aryl methyl sites for hydroxylation is 1. The molecule has 1 fully saturated rings. The molecule has 9 heteroatoms. The molecular weight excluding hydrogens is 407 g/mol. The Labute approximate surface area is 184 Å². The van der Waals surface area contributed by atoms with E-state index in [2.05, 4.69) is 30.9 Å². The molecule has 0 bridgehead atoms. The van der Waals surface area contributed by atoms with Gasteiger partial charge in [0.25, 0.3) is 0 Å². The van der Waals surface area contributed by atoms with Crippen molar-refractivity contribution in [3.05, 3.63) is 71.2 Å². The molecule has 4 heterocycles. The summed E-state index contributed by atoms with van der Waals surface area (Å²) in [7, 11) is 0. The Hall–Kier alpha value is -3.56. The Kier molecular flexibility index (Phi) is 5.42. The van der Waals surface area contributed by atoms with Crippen LogP contribution in [0.15, 0.2) is 42.7 Å². The monoisotopic (exact) mass is 431 g/mol. The van der Waals surface area contributed by atoms with Crippen molar-refractivity contribution in [2.45, 2.75) is 25.8 Å². The number of aromatic nitrogens is 5. The molecule has 32 heavy (non-hydrogen) atoms. The van der Waals surface area contributed by atoms with E-state index in [-0.39, 0.29) is 12.2 Å². The van der Waals surface area contributed by atoms with Gasteiger partial charge in [0.15, 0.2) is 11.5 Å². The Bertz CT molecular complexity index is 1340. The molecule has 0 amide bonds. The number of allylic oxidation sites excluding steroid dienone is 1. The molecule has 8 nitrogen and oxygen atoms in total. The van der Waals surface area contributed by atoms with Crippen LogP contribution in [0.5, 0.6) is 0 Å². The highest BCUT2D eigenvalue weighted by Crippen LogP contribution is 2.24. The van der Waals surface area contributed by atoms with Crippen molar-refractivity contribution in [3.8, 4) is 0 Å². The summed E-state index contributed by atoms with van der Waals surface area (Å²) in [5.41, 5.74) is 4.06. The maximum atomic E-state index is 15.5. The van der Waals surface area contributed by atoms with Crippen LogP contribution in [0.3, 0.4) is 0 Å². The number of pyridine rings is 1. The lowest BCUT2D eigenvalue weighted by Crippen LogP contribution is -2.92. The number of nitrogens with zero attached hydrogens (tertiary/aromatic N) is 5. The molecule has 0 radical (unpaired) electrons. The second kappa shape index (κ2) is 8.52. The molecule has 0 saturated carbocycles. The minimum atomic E-state index is -0.336. The van der Waals surface area contributed by atoms with E-state index >= 15 is 4.39 Å². The van der Waals surface area contributed by atoms with Gasteiger partial charge in [-0.3, -0.25) is 4.98 Å². The van der Waals surface area contributed by atoms with Crippen LogP contribution in [0.2, 0.25) is 0 Å². The van der Waals surface area contributed by atoms with Gasteiger partial charge in [0, 0.05) is 42.9 Å². The molecule has 0 atom stereocenters. The summed E-state index contributed by atoms with van der Waals surface area (Å²) in [6, 6.07) is 9.58. The van der Waals surface area contributed by atoms with Gasteiger partial charge in [-0.15, -0.1) is 10.2 Å². The summed E-state index contributed by atoms with van der Waals surface area (Å²) < 4.78 is 17.2. The molecule has 4 aromatic rings. The minimum absolute atomic E-state index is 0.267. The molecule has 0 spiro atoms. The van der Waals surface area contributed by atoms with Gasteiger partial charge in [0.2, 0.25) is 0 Å². The predicted octanol–water partition coefficient (Wildman–Crippen LogP) is 1.49. The molecule has 1 aliphatic heterocycles. The van der Waals surface area contributed by atoms with Crippen molar-refractivity contribution in [3.63, 3.8) is 0 Å². The van der Waals surface area contributed by atoms with E-state index in [0.717, 1.165) is 25.2 Å². The van der Waals surface area contributed by atoms with Crippen LogP contribution in [0, 0.1) is 11.2 Å². The highest BCUT2D eigenvalue weighted by molar-refractivity contribution is 6.08. The topological polar surface area (TPSA) is 108 Å². The minimum Gasteiger partial charge on any atom is -0.315 e. The van der Waals surface area contributed by atoms with E-state index in [1.165, 1.54) is 6.21 Å². The third-order valence-corrected chi connectivity index (χ3v) is 5.82. The summed E-state index contributed by atoms with van der Waals surface area (Å²) in [5.74, 6) is 0.248. The zero-order valence-electron chi connectivity index (χ0n) is 17.7. The summed E-state index contributed by atoms with van der Waals surface area (Å²) in [4.78, 5) is 4.43. The first-order valence-electron chi connectivity index (χ1n) is 10.7. The van der Waals surface area contributed by atoms with Crippen molar-refractivity contribution < 1.29 is 9.71 Å². The number of halogens is 1. The van der Waals surface area contributed by atoms with E-state index in [0.29, 0.717) is 45.1 Å². The van der Waals surface area contributed by atoms with Gasteiger partial charge in [0.1, 0.15) is 18.1 Å². The van der Waals surface area contributed by atoms with Crippen molar-refractivity contribution in [1.82, 2.24) is 30.1 Å². The number of nitrogens with two attached hydrogens (primary N) is 1. The summed E-state index contributed by atoms with van der Waals surface area (Å²) >= 11 is 0. The molecule has 4 N–H and O–H groups in total. The summed E-state index contributed by atoms with van der Waals surface area (Å²) in [5, 5.41) is 26.4. The van der Waals surface area contributed by atoms with Crippen LogP contribution in [-0.2, 0) is 12.8 Å². The van der Waals surface area contributed by atoms with Crippen LogP contribution < -0.4 is 10.6 Å². The van der Waals surface area contributed by atoms with Crippen LogP contribution in [-0.4, -0.2) is 50.1 Å². The fraction of sp³-hybridized carbons (Fsp3) is 0.261. The van der Waals surface area contributed by atoms with E-state index in [1.54, 1.807) is 22.8 Å². The number of benzene rings is 1. The molecular formula is C23H24FN8+. The van der Waals surface area contributed by atoms with Crippen molar-refractivity contribution in [2.75, 3.05) is 13.1 Å². The number of hydrogen-bond acceptors (Lipinski definition) is 6. The predicted molar refractivity (Wildman–Crippen MR) is 120 cm³/mol. The number of hydrogen-bond donors (Lipinski definition) is 3. The van der Waals surface area contributed by atoms with Gasteiger partial charge >= 0.3 is 0 Å². The third kappa shape index (κ3) is 3.76. The molecule has 1 aromatic carbocycles. The maximum absolute atomic E-state index is 15.5. The Morgan fingerprint density at radius 3 is 2.91 bits per heavy atom. The summed E-state index contributed by atoms with van der Waals surface area (Å²) in [6.45, 7) is 3.92. The molecule has 1 aliphatic rings. The lowest BCUT2D eigenvalue weighted by molar-refractivity contribution is -0.630. The lowest BCUT2D eigenvalue weighted by Gasteiger charge is -2.23. The second-order valence-electron chi connectivity index (χ2n) is 7.95. The first kappa shape index (κ1) is 20.3. The smallest absolute Gasteiger partial charge is 0.177 e. The maximum Gasteiger partial charge on any atom is 0.177 e. The Balaban J connectivity index is 1.49. The first-order valence-corrected chi connectivity index (χ1v) is 10.7. The fourth-order valence-corrected chi connectivity index (χ4v) is 3.76. The molecule has 0 aliphatic carbocycles. The highest BCUT2D eigenvalue weighted by Gasteiger charge is 2.19. The normalized spacial score (nSPS) is 14.8. The van der Waals surface area contributed by atoms with Gasteiger partial charge < -0.3 is 16.0 Å². The lowest BCUT2D eigenvalue weighted by atomic mass is 10.0. The zero-order chi connectivity index (χ0) is 22.1. The zero-order valence-corrected chi connectivity index (χ0v) is 17.7. The second-order valence-corrected chi connectivity index (χ2v) is 7.95. The first-order chi connectivity index (χ1) is 15.7. The fourth-order valence-electron chi connectivity index (χ4n) is 3.76.